The summed E-state index contributed by atoms with van der Waals surface area (Å²) in [5, 5.41) is 0. The number of ether oxygens (including phenoxy) is 4. The Kier molecular flexibility index (Phi) is 5.39. The molecule has 0 aliphatic carbocycles. The van der Waals surface area contributed by atoms with Crippen LogP contribution in [-0.4, -0.2) is 20.0 Å². The molecule has 3 aromatic rings. The third-order valence-corrected chi connectivity index (χ3v) is 4.71. The highest BCUT2D eigenvalue weighted by Crippen LogP contribution is 2.37. The molecule has 0 spiro atoms. The zero-order chi connectivity index (χ0) is 21.1. The first-order valence-electron chi connectivity index (χ1n) is 9.26. The largest absolute Gasteiger partial charge is 0.493 e. The van der Waals surface area contributed by atoms with Crippen LogP contribution in [0.25, 0.3) is 6.08 Å². The van der Waals surface area contributed by atoms with Gasteiger partial charge in [-0.15, -0.1) is 0 Å². The van der Waals surface area contributed by atoms with Gasteiger partial charge in [-0.25, -0.2) is 4.39 Å². The monoisotopic (exact) mass is 406 g/mol. The molecule has 0 saturated heterocycles. The molecule has 0 fully saturated rings. The first-order chi connectivity index (χ1) is 14.6. The number of halogens is 1. The fraction of sp³-hybridized carbons (Fsp3) is 0.125. The number of benzene rings is 3. The van der Waals surface area contributed by atoms with Crippen LogP contribution < -0.4 is 18.9 Å². The summed E-state index contributed by atoms with van der Waals surface area (Å²) in [5.41, 5.74) is 1.53. The Morgan fingerprint density at radius 3 is 2.60 bits per heavy atom. The summed E-state index contributed by atoms with van der Waals surface area (Å²) in [6.07, 6.45) is 1.61. The molecule has 1 aliphatic heterocycles. The van der Waals surface area contributed by atoms with Gasteiger partial charge in [-0.1, -0.05) is 30.3 Å². The molecule has 0 bridgehead atoms. The lowest BCUT2D eigenvalue weighted by atomic mass is 10.1. The fourth-order valence-corrected chi connectivity index (χ4v) is 3.20. The highest BCUT2D eigenvalue weighted by atomic mass is 19.1. The van der Waals surface area contributed by atoms with Gasteiger partial charge >= 0.3 is 0 Å². The minimum absolute atomic E-state index is 0.0725. The second-order valence-corrected chi connectivity index (χ2v) is 6.56. The van der Waals surface area contributed by atoms with E-state index in [1.165, 1.54) is 13.2 Å². The molecular weight excluding hydrogens is 387 g/mol. The van der Waals surface area contributed by atoms with Crippen LogP contribution in [0.2, 0.25) is 0 Å². The molecule has 3 aromatic carbocycles. The van der Waals surface area contributed by atoms with Crippen molar-refractivity contribution in [2.24, 2.45) is 0 Å². The zero-order valence-corrected chi connectivity index (χ0v) is 16.5. The van der Waals surface area contributed by atoms with Crippen LogP contribution in [0.4, 0.5) is 4.39 Å². The lowest BCUT2D eigenvalue weighted by Crippen LogP contribution is -1.99. The third-order valence-electron chi connectivity index (χ3n) is 4.71. The van der Waals surface area contributed by atoms with Gasteiger partial charge in [0.2, 0.25) is 5.78 Å². The lowest BCUT2D eigenvalue weighted by molar-refractivity contribution is 0.101. The van der Waals surface area contributed by atoms with Gasteiger partial charge in [-0.3, -0.25) is 4.79 Å². The number of hydrogen-bond acceptors (Lipinski definition) is 5. The first-order valence-corrected chi connectivity index (χ1v) is 9.26. The summed E-state index contributed by atoms with van der Waals surface area (Å²) in [5.74, 6) is 1.53. The smallest absolute Gasteiger partial charge is 0.231 e. The number of Topliss-reactive ketones (excluding diaryl/α,β-unsaturated/α-hetero) is 1. The summed E-state index contributed by atoms with van der Waals surface area (Å²) in [6, 6.07) is 16.7. The summed E-state index contributed by atoms with van der Waals surface area (Å²) >= 11 is 0. The van der Waals surface area contributed by atoms with E-state index in [1.54, 1.807) is 67.8 Å². The zero-order valence-electron chi connectivity index (χ0n) is 16.5. The molecule has 0 N–H and O–H groups in total. The van der Waals surface area contributed by atoms with E-state index in [9.17, 15) is 9.18 Å². The number of carbonyl (C=O) groups is 1. The van der Waals surface area contributed by atoms with Gasteiger partial charge in [0.05, 0.1) is 19.8 Å². The number of carbonyl (C=O) groups excluding carboxylic acids is 1. The van der Waals surface area contributed by atoms with Gasteiger partial charge in [-0.2, -0.15) is 0 Å². The predicted octanol–water partition coefficient (Wildman–Crippen LogP) is 5.04. The van der Waals surface area contributed by atoms with Gasteiger partial charge in [0.15, 0.2) is 17.3 Å². The van der Waals surface area contributed by atoms with Crippen LogP contribution >= 0.6 is 0 Å². The maximum absolute atomic E-state index is 13.8. The number of ketones is 1. The van der Waals surface area contributed by atoms with Crippen molar-refractivity contribution in [1.82, 2.24) is 0 Å². The third kappa shape index (κ3) is 3.72. The van der Waals surface area contributed by atoms with Crippen molar-refractivity contribution in [3.05, 3.63) is 88.9 Å². The van der Waals surface area contributed by atoms with Crippen molar-refractivity contribution in [2.75, 3.05) is 14.2 Å². The molecular formula is C24H19FO5. The predicted molar refractivity (Wildman–Crippen MR) is 110 cm³/mol. The van der Waals surface area contributed by atoms with Crippen molar-refractivity contribution >= 4 is 11.9 Å². The van der Waals surface area contributed by atoms with Crippen LogP contribution in [-0.2, 0) is 6.61 Å². The van der Waals surface area contributed by atoms with Gasteiger partial charge in [0.1, 0.15) is 23.9 Å². The Bertz CT molecular complexity index is 1140. The Morgan fingerprint density at radius 1 is 1.00 bits per heavy atom. The van der Waals surface area contributed by atoms with Gasteiger partial charge in [-0.05, 0) is 30.3 Å². The second kappa shape index (κ2) is 8.29. The molecule has 6 heteroatoms. The van der Waals surface area contributed by atoms with Crippen molar-refractivity contribution < 1.29 is 28.1 Å². The Hall–Kier alpha value is -3.80. The molecule has 0 unspecified atom stereocenters. The van der Waals surface area contributed by atoms with Crippen molar-refractivity contribution in [3.8, 4) is 23.0 Å². The average Bonchev–Trinajstić information content (AvgIpc) is 3.07. The summed E-state index contributed by atoms with van der Waals surface area (Å²) in [7, 11) is 3.08. The van der Waals surface area contributed by atoms with Crippen molar-refractivity contribution in [2.45, 2.75) is 6.61 Å². The molecule has 0 amide bonds. The first kappa shape index (κ1) is 19.5. The molecule has 5 nitrogen and oxygen atoms in total. The van der Waals surface area contributed by atoms with Crippen LogP contribution in [0.3, 0.4) is 0 Å². The van der Waals surface area contributed by atoms with E-state index >= 15 is 0 Å². The van der Waals surface area contributed by atoms with E-state index in [-0.39, 0.29) is 24.0 Å². The molecule has 0 aromatic heterocycles. The van der Waals surface area contributed by atoms with E-state index in [1.807, 2.05) is 0 Å². The highest BCUT2D eigenvalue weighted by molar-refractivity contribution is 6.14. The van der Waals surface area contributed by atoms with E-state index in [2.05, 4.69) is 0 Å². The Morgan fingerprint density at radius 2 is 1.83 bits per heavy atom. The molecule has 1 aliphatic rings. The number of rotatable bonds is 6. The average molecular weight is 406 g/mol. The van der Waals surface area contributed by atoms with E-state index < -0.39 is 0 Å². The van der Waals surface area contributed by atoms with Gasteiger partial charge in [0, 0.05) is 17.2 Å². The van der Waals surface area contributed by atoms with E-state index in [0.717, 1.165) is 0 Å². The minimum Gasteiger partial charge on any atom is -0.493 e. The standard InChI is InChI=1S/C24H19FO5/c1-27-20-9-5-7-15(24(20)28-2)12-22-23(26)18-11-10-17(13-21(18)30-22)29-14-16-6-3-4-8-19(16)25/h3-13H,14H2,1-2H3/b22-12-. The van der Waals surface area contributed by atoms with Gasteiger partial charge in [0.25, 0.3) is 0 Å². The minimum atomic E-state index is -0.331. The molecule has 4 rings (SSSR count). The lowest BCUT2D eigenvalue weighted by Gasteiger charge is -2.10. The summed E-state index contributed by atoms with van der Waals surface area (Å²) in [4.78, 5) is 12.7. The Labute approximate surface area is 173 Å². The van der Waals surface area contributed by atoms with Gasteiger partial charge < -0.3 is 18.9 Å². The Balaban J connectivity index is 1.56. The normalized spacial score (nSPS) is 13.7. The molecule has 0 saturated carbocycles. The molecule has 152 valence electrons. The van der Waals surface area contributed by atoms with Crippen molar-refractivity contribution in [1.29, 1.82) is 0 Å². The van der Waals surface area contributed by atoms with E-state index in [0.29, 0.717) is 39.7 Å². The molecule has 30 heavy (non-hydrogen) atoms. The maximum Gasteiger partial charge on any atom is 0.231 e. The number of hydrogen-bond donors (Lipinski definition) is 0. The number of methoxy groups -OCH3 is 2. The van der Waals surface area contributed by atoms with Crippen LogP contribution in [0.15, 0.2) is 66.4 Å². The number of fused-ring (bicyclic) bond motifs is 1. The molecule has 0 atom stereocenters. The van der Waals surface area contributed by atoms with E-state index in [4.69, 9.17) is 18.9 Å². The van der Waals surface area contributed by atoms with Crippen LogP contribution in [0.5, 0.6) is 23.0 Å². The second-order valence-electron chi connectivity index (χ2n) is 6.56. The molecule has 1 heterocycles. The van der Waals surface area contributed by atoms with Crippen LogP contribution in [0, 0.1) is 5.82 Å². The van der Waals surface area contributed by atoms with Crippen LogP contribution in [0.1, 0.15) is 21.5 Å². The number of para-hydroxylation sites is 1. The SMILES string of the molecule is COc1cccc(/C=C2\Oc3cc(OCc4ccccc4F)ccc3C2=O)c1OC. The number of allylic oxidation sites excluding steroid dienone is 1. The fourth-order valence-electron chi connectivity index (χ4n) is 3.20. The summed E-state index contributed by atoms with van der Waals surface area (Å²) < 4.78 is 35.9. The topological polar surface area (TPSA) is 54.0 Å². The summed E-state index contributed by atoms with van der Waals surface area (Å²) in [6.45, 7) is 0.0725. The van der Waals surface area contributed by atoms with Crippen molar-refractivity contribution in [3.63, 3.8) is 0 Å². The quantitative estimate of drug-likeness (QED) is 0.537. The highest BCUT2D eigenvalue weighted by Gasteiger charge is 2.28. The molecule has 0 radical (unpaired) electrons. The maximum atomic E-state index is 13.8.